The third-order valence-corrected chi connectivity index (χ3v) is 4.42. The Bertz CT molecular complexity index is 267. The Morgan fingerprint density at radius 2 is 2.00 bits per heavy atom. The summed E-state index contributed by atoms with van der Waals surface area (Å²) in [5, 5.41) is 0. The highest BCUT2D eigenvalue weighted by molar-refractivity contribution is 5.82. The van der Waals surface area contributed by atoms with E-state index in [1.54, 1.807) is 0 Å². The van der Waals surface area contributed by atoms with Crippen molar-refractivity contribution in [3.63, 3.8) is 0 Å². The fraction of sp³-hybridized carbons (Fsp3) is 0.929. The van der Waals surface area contributed by atoms with Gasteiger partial charge in [0, 0.05) is 12.6 Å². The molecule has 3 nitrogen and oxygen atoms in total. The van der Waals surface area contributed by atoms with Crippen LogP contribution in [0.25, 0.3) is 0 Å². The standard InChI is InChI=1S/C14H28N2O/c1-6-10(3)13(15)14(17)16-8-9(2)7-11(4)12(16)5/h9-13H,6-8,15H2,1-5H3. The molecule has 1 aliphatic rings. The van der Waals surface area contributed by atoms with Crippen molar-refractivity contribution in [2.24, 2.45) is 23.5 Å². The van der Waals surface area contributed by atoms with Gasteiger partial charge in [-0.1, -0.05) is 34.1 Å². The van der Waals surface area contributed by atoms with E-state index in [4.69, 9.17) is 5.73 Å². The van der Waals surface area contributed by atoms with Crippen LogP contribution >= 0.6 is 0 Å². The average Bonchev–Trinajstić information content (AvgIpc) is 2.30. The molecule has 0 radical (unpaired) electrons. The number of amides is 1. The summed E-state index contributed by atoms with van der Waals surface area (Å²) in [6.07, 6.45) is 2.17. The lowest BCUT2D eigenvalue weighted by Gasteiger charge is -2.42. The Morgan fingerprint density at radius 3 is 2.53 bits per heavy atom. The predicted octanol–water partition coefficient (Wildman–Crippen LogP) is 2.25. The molecule has 1 fully saturated rings. The maximum Gasteiger partial charge on any atom is 0.240 e. The second-order valence-electron chi connectivity index (χ2n) is 5.96. The molecule has 0 bridgehead atoms. The number of nitrogens with two attached hydrogens (primary N) is 1. The van der Waals surface area contributed by atoms with E-state index < -0.39 is 0 Å². The van der Waals surface area contributed by atoms with E-state index >= 15 is 0 Å². The molecule has 1 amide bonds. The van der Waals surface area contributed by atoms with Gasteiger partial charge in [-0.15, -0.1) is 0 Å². The largest absolute Gasteiger partial charge is 0.338 e. The topological polar surface area (TPSA) is 46.3 Å². The molecule has 17 heavy (non-hydrogen) atoms. The summed E-state index contributed by atoms with van der Waals surface area (Å²) in [5.41, 5.74) is 6.06. The monoisotopic (exact) mass is 240 g/mol. The van der Waals surface area contributed by atoms with Crippen LogP contribution in [0, 0.1) is 17.8 Å². The van der Waals surface area contributed by atoms with Crippen LogP contribution in [0.15, 0.2) is 0 Å². The SMILES string of the molecule is CCC(C)C(N)C(=O)N1CC(C)CC(C)C1C. The molecule has 0 aliphatic carbocycles. The van der Waals surface area contributed by atoms with Gasteiger partial charge >= 0.3 is 0 Å². The minimum atomic E-state index is -0.333. The van der Waals surface area contributed by atoms with Crippen LogP contribution in [0.5, 0.6) is 0 Å². The van der Waals surface area contributed by atoms with E-state index in [-0.39, 0.29) is 17.9 Å². The maximum absolute atomic E-state index is 12.4. The second kappa shape index (κ2) is 5.85. The van der Waals surface area contributed by atoms with Crippen molar-refractivity contribution in [2.75, 3.05) is 6.54 Å². The van der Waals surface area contributed by atoms with Gasteiger partial charge in [0.05, 0.1) is 6.04 Å². The average molecular weight is 240 g/mol. The summed E-state index contributed by atoms with van der Waals surface area (Å²) < 4.78 is 0. The van der Waals surface area contributed by atoms with Gasteiger partial charge in [-0.25, -0.2) is 0 Å². The molecule has 1 heterocycles. The van der Waals surface area contributed by atoms with Gasteiger partial charge in [-0.05, 0) is 31.1 Å². The first-order valence-electron chi connectivity index (χ1n) is 6.94. The van der Waals surface area contributed by atoms with Crippen molar-refractivity contribution in [3.05, 3.63) is 0 Å². The van der Waals surface area contributed by atoms with Gasteiger partial charge in [-0.2, -0.15) is 0 Å². The Balaban J connectivity index is 2.73. The number of nitrogens with zero attached hydrogens (tertiary/aromatic N) is 1. The van der Waals surface area contributed by atoms with Crippen LogP contribution in [0.4, 0.5) is 0 Å². The molecule has 5 unspecified atom stereocenters. The Morgan fingerprint density at radius 1 is 1.41 bits per heavy atom. The van der Waals surface area contributed by atoms with Gasteiger partial charge in [0.15, 0.2) is 0 Å². The van der Waals surface area contributed by atoms with Crippen molar-refractivity contribution in [1.29, 1.82) is 0 Å². The third kappa shape index (κ3) is 3.21. The van der Waals surface area contributed by atoms with Crippen LogP contribution < -0.4 is 5.73 Å². The zero-order valence-electron chi connectivity index (χ0n) is 11.9. The van der Waals surface area contributed by atoms with Gasteiger partial charge in [-0.3, -0.25) is 4.79 Å². The summed E-state index contributed by atoms with van der Waals surface area (Å²) in [4.78, 5) is 14.4. The van der Waals surface area contributed by atoms with Crippen LogP contribution in [0.1, 0.15) is 47.5 Å². The van der Waals surface area contributed by atoms with Crippen LogP contribution in [0.3, 0.4) is 0 Å². The minimum Gasteiger partial charge on any atom is -0.338 e. The quantitative estimate of drug-likeness (QED) is 0.822. The third-order valence-electron chi connectivity index (χ3n) is 4.42. The number of carbonyl (C=O) groups excluding carboxylic acids is 1. The summed E-state index contributed by atoms with van der Waals surface area (Å²) in [6, 6.07) is -0.00578. The van der Waals surface area contributed by atoms with Crippen molar-refractivity contribution >= 4 is 5.91 Å². The molecule has 3 heteroatoms. The molecule has 1 saturated heterocycles. The summed E-state index contributed by atoms with van der Waals surface area (Å²) in [5.74, 6) is 1.58. The van der Waals surface area contributed by atoms with Gasteiger partial charge in [0.2, 0.25) is 5.91 Å². The molecule has 1 rings (SSSR count). The molecule has 0 aromatic rings. The number of hydrogen-bond acceptors (Lipinski definition) is 2. The van der Waals surface area contributed by atoms with Crippen molar-refractivity contribution in [3.8, 4) is 0 Å². The Kier molecular flexibility index (Phi) is 4.99. The van der Waals surface area contributed by atoms with Crippen molar-refractivity contribution in [2.45, 2.75) is 59.5 Å². The summed E-state index contributed by atoms with van der Waals surface area (Å²) in [6.45, 7) is 11.6. The summed E-state index contributed by atoms with van der Waals surface area (Å²) in [7, 11) is 0. The van der Waals surface area contributed by atoms with E-state index in [0.717, 1.165) is 13.0 Å². The molecule has 2 N–H and O–H groups in total. The van der Waals surface area contributed by atoms with E-state index in [9.17, 15) is 4.79 Å². The number of rotatable bonds is 3. The van der Waals surface area contributed by atoms with E-state index in [1.165, 1.54) is 6.42 Å². The molecule has 5 atom stereocenters. The molecule has 0 spiro atoms. The van der Waals surface area contributed by atoms with Crippen molar-refractivity contribution < 1.29 is 4.79 Å². The maximum atomic E-state index is 12.4. The molecular formula is C14H28N2O. The Hall–Kier alpha value is -0.570. The first kappa shape index (κ1) is 14.5. The molecule has 0 saturated carbocycles. The van der Waals surface area contributed by atoms with Crippen LogP contribution in [-0.4, -0.2) is 29.4 Å². The molecule has 100 valence electrons. The van der Waals surface area contributed by atoms with Gasteiger partial charge < -0.3 is 10.6 Å². The highest BCUT2D eigenvalue weighted by Gasteiger charge is 2.35. The van der Waals surface area contributed by atoms with Crippen LogP contribution in [0.2, 0.25) is 0 Å². The fourth-order valence-electron chi connectivity index (χ4n) is 2.69. The minimum absolute atomic E-state index is 0.144. The van der Waals surface area contributed by atoms with E-state index in [1.807, 2.05) is 4.90 Å². The van der Waals surface area contributed by atoms with Crippen molar-refractivity contribution in [1.82, 2.24) is 4.90 Å². The Labute approximate surface area is 106 Å². The molecule has 1 aliphatic heterocycles. The number of piperidine rings is 1. The van der Waals surface area contributed by atoms with E-state index in [0.29, 0.717) is 17.9 Å². The molecule has 0 aromatic carbocycles. The lowest BCUT2D eigenvalue weighted by molar-refractivity contribution is -0.139. The smallest absolute Gasteiger partial charge is 0.240 e. The highest BCUT2D eigenvalue weighted by atomic mass is 16.2. The van der Waals surface area contributed by atoms with Gasteiger partial charge in [0.1, 0.15) is 0 Å². The normalized spacial score (nSPS) is 33.3. The first-order valence-corrected chi connectivity index (χ1v) is 6.94. The fourth-order valence-corrected chi connectivity index (χ4v) is 2.69. The summed E-state index contributed by atoms with van der Waals surface area (Å²) >= 11 is 0. The lowest BCUT2D eigenvalue weighted by Crippen LogP contribution is -2.55. The number of hydrogen-bond donors (Lipinski definition) is 1. The zero-order valence-corrected chi connectivity index (χ0v) is 11.9. The number of carbonyl (C=O) groups is 1. The van der Waals surface area contributed by atoms with Crippen LogP contribution in [-0.2, 0) is 4.79 Å². The first-order chi connectivity index (χ1) is 7.88. The van der Waals surface area contributed by atoms with Gasteiger partial charge in [0.25, 0.3) is 0 Å². The lowest BCUT2D eigenvalue weighted by atomic mass is 9.85. The predicted molar refractivity (Wildman–Crippen MR) is 71.6 cm³/mol. The number of likely N-dealkylation sites (tertiary alicyclic amines) is 1. The molecule has 0 aromatic heterocycles. The second-order valence-corrected chi connectivity index (χ2v) is 5.96. The van der Waals surface area contributed by atoms with E-state index in [2.05, 4.69) is 34.6 Å². The molecular weight excluding hydrogens is 212 g/mol. The zero-order chi connectivity index (χ0) is 13.2. The highest BCUT2D eigenvalue weighted by Crippen LogP contribution is 2.27.